The fourth-order valence-electron chi connectivity index (χ4n) is 2.55. The first kappa shape index (κ1) is 14.6. The van der Waals surface area contributed by atoms with Crippen molar-refractivity contribution in [3.8, 4) is 0 Å². The van der Waals surface area contributed by atoms with Crippen LogP contribution in [0.5, 0.6) is 0 Å². The number of aliphatic imine (C=N–C) groups is 1. The molecule has 1 fully saturated rings. The standard InChI is InChI=1S/C15H21N3.HI/c1-18-10-9-16-15(18)17-11-12-5-7-14(8-6-12)13-3-2-4-13;/h5-8,13H,2-4,9-11H2,1H3,(H,16,17);1H. The maximum Gasteiger partial charge on any atom is 0.194 e. The van der Waals surface area contributed by atoms with Gasteiger partial charge in [0.15, 0.2) is 5.96 Å². The number of likely N-dealkylation sites (N-methyl/N-ethyl adjacent to an activating group) is 1. The Balaban J connectivity index is 0.00000133. The van der Waals surface area contributed by atoms with Gasteiger partial charge in [0.05, 0.1) is 6.54 Å². The first-order chi connectivity index (χ1) is 8.83. The predicted octanol–water partition coefficient (Wildman–Crippen LogP) is 2.96. The van der Waals surface area contributed by atoms with Gasteiger partial charge in [0, 0.05) is 20.1 Å². The maximum atomic E-state index is 4.43. The number of nitrogens with zero attached hydrogens (tertiary/aromatic N) is 2. The van der Waals surface area contributed by atoms with Gasteiger partial charge in [0.2, 0.25) is 0 Å². The highest BCUT2D eigenvalue weighted by molar-refractivity contribution is 14.0. The Hall–Kier alpha value is -0.780. The number of guanidine groups is 1. The fraction of sp³-hybridized carbons (Fsp3) is 0.533. The van der Waals surface area contributed by atoms with Gasteiger partial charge < -0.3 is 10.2 Å². The fourth-order valence-corrected chi connectivity index (χ4v) is 2.55. The van der Waals surface area contributed by atoms with Crippen LogP contribution < -0.4 is 5.32 Å². The number of nitrogens with one attached hydrogen (secondary N) is 1. The average Bonchev–Trinajstić information content (AvgIpc) is 2.72. The minimum atomic E-state index is 0. The molecule has 1 aromatic carbocycles. The van der Waals surface area contributed by atoms with E-state index in [0.717, 1.165) is 31.5 Å². The lowest BCUT2D eigenvalue weighted by Gasteiger charge is -2.25. The van der Waals surface area contributed by atoms with Crippen molar-refractivity contribution in [1.82, 2.24) is 10.2 Å². The minimum absolute atomic E-state index is 0. The third-order valence-electron chi connectivity index (χ3n) is 4.07. The molecule has 0 radical (unpaired) electrons. The van der Waals surface area contributed by atoms with Crippen molar-refractivity contribution >= 4 is 29.9 Å². The molecule has 3 rings (SSSR count). The molecule has 1 aromatic rings. The summed E-state index contributed by atoms with van der Waals surface area (Å²) in [7, 11) is 2.08. The summed E-state index contributed by atoms with van der Waals surface area (Å²) in [6.07, 6.45) is 4.15. The molecule has 0 saturated heterocycles. The molecule has 1 aliphatic carbocycles. The van der Waals surface area contributed by atoms with Crippen molar-refractivity contribution < 1.29 is 0 Å². The van der Waals surface area contributed by atoms with Crippen LogP contribution in [0.4, 0.5) is 0 Å². The normalized spacial score (nSPS) is 18.6. The van der Waals surface area contributed by atoms with E-state index in [-0.39, 0.29) is 24.0 Å². The molecule has 1 heterocycles. The van der Waals surface area contributed by atoms with Crippen LogP contribution in [-0.2, 0) is 6.54 Å². The van der Waals surface area contributed by atoms with E-state index >= 15 is 0 Å². The Kier molecular flexibility index (Phi) is 5.07. The summed E-state index contributed by atoms with van der Waals surface area (Å²) in [5.41, 5.74) is 2.85. The SMILES string of the molecule is CN1CCN=C1NCc1ccc(C2CCC2)cc1.I. The van der Waals surface area contributed by atoms with Crippen molar-refractivity contribution in [1.29, 1.82) is 0 Å². The van der Waals surface area contributed by atoms with Crippen LogP contribution in [0, 0.1) is 0 Å². The van der Waals surface area contributed by atoms with Gasteiger partial charge in [-0.15, -0.1) is 24.0 Å². The van der Waals surface area contributed by atoms with E-state index in [4.69, 9.17) is 0 Å². The molecule has 3 nitrogen and oxygen atoms in total. The van der Waals surface area contributed by atoms with Gasteiger partial charge in [-0.1, -0.05) is 30.7 Å². The van der Waals surface area contributed by atoms with Crippen LogP contribution in [0.1, 0.15) is 36.3 Å². The van der Waals surface area contributed by atoms with E-state index < -0.39 is 0 Å². The van der Waals surface area contributed by atoms with E-state index in [1.165, 1.54) is 30.4 Å². The lowest BCUT2D eigenvalue weighted by Crippen LogP contribution is -2.35. The Bertz CT molecular complexity index is 437. The lowest BCUT2D eigenvalue weighted by molar-refractivity contribution is 0.419. The summed E-state index contributed by atoms with van der Waals surface area (Å²) >= 11 is 0. The highest BCUT2D eigenvalue weighted by atomic mass is 127. The summed E-state index contributed by atoms with van der Waals surface area (Å²) in [6, 6.07) is 9.08. The molecule has 0 spiro atoms. The Morgan fingerprint density at radius 2 is 2.00 bits per heavy atom. The summed E-state index contributed by atoms with van der Waals surface area (Å²) in [4.78, 5) is 6.60. The average molecular weight is 371 g/mol. The number of rotatable bonds is 3. The van der Waals surface area contributed by atoms with Gasteiger partial charge in [-0.2, -0.15) is 0 Å². The van der Waals surface area contributed by atoms with E-state index in [2.05, 4.69) is 46.5 Å². The molecule has 4 heteroatoms. The van der Waals surface area contributed by atoms with Gasteiger partial charge in [0.25, 0.3) is 0 Å². The van der Waals surface area contributed by atoms with Gasteiger partial charge in [-0.3, -0.25) is 4.99 Å². The van der Waals surface area contributed by atoms with Crippen LogP contribution in [0.25, 0.3) is 0 Å². The molecule has 0 bridgehead atoms. The Morgan fingerprint density at radius 3 is 2.53 bits per heavy atom. The Morgan fingerprint density at radius 1 is 1.26 bits per heavy atom. The molecule has 104 valence electrons. The predicted molar refractivity (Wildman–Crippen MR) is 90.2 cm³/mol. The van der Waals surface area contributed by atoms with E-state index in [0.29, 0.717) is 0 Å². The number of benzene rings is 1. The van der Waals surface area contributed by atoms with Crippen LogP contribution in [0.2, 0.25) is 0 Å². The summed E-state index contributed by atoms with van der Waals surface area (Å²) < 4.78 is 0. The highest BCUT2D eigenvalue weighted by Gasteiger charge is 2.19. The quantitative estimate of drug-likeness (QED) is 0.828. The highest BCUT2D eigenvalue weighted by Crippen LogP contribution is 2.36. The van der Waals surface area contributed by atoms with Crippen molar-refractivity contribution in [2.75, 3.05) is 20.1 Å². The molecular formula is C15H22IN3. The van der Waals surface area contributed by atoms with Crippen molar-refractivity contribution in [3.63, 3.8) is 0 Å². The maximum absolute atomic E-state index is 4.43. The molecule has 1 aliphatic heterocycles. The zero-order valence-electron chi connectivity index (χ0n) is 11.4. The van der Waals surface area contributed by atoms with Gasteiger partial charge in [0.1, 0.15) is 0 Å². The Labute approximate surface area is 132 Å². The van der Waals surface area contributed by atoms with Crippen molar-refractivity contribution in [2.45, 2.75) is 31.7 Å². The minimum Gasteiger partial charge on any atom is -0.352 e. The van der Waals surface area contributed by atoms with Crippen LogP contribution >= 0.6 is 24.0 Å². The van der Waals surface area contributed by atoms with E-state index in [1.807, 2.05) is 0 Å². The monoisotopic (exact) mass is 371 g/mol. The third kappa shape index (κ3) is 3.41. The van der Waals surface area contributed by atoms with Gasteiger partial charge in [-0.25, -0.2) is 0 Å². The third-order valence-corrected chi connectivity index (χ3v) is 4.07. The molecule has 0 atom stereocenters. The lowest BCUT2D eigenvalue weighted by atomic mass is 9.80. The molecule has 0 unspecified atom stereocenters. The number of halogens is 1. The van der Waals surface area contributed by atoms with Gasteiger partial charge >= 0.3 is 0 Å². The smallest absolute Gasteiger partial charge is 0.194 e. The second kappa shape index (κ2) is 6.59. The van der Waals surface area contributed by atoms with Crippen molar-refractivity contribution in [2.24, 2.45) is 4.99 Å². The van der Waals surface area contributed by atoms with Crippen molar-refractivity contribution in [3.05, 3.63) is 35.4 Å². The van der Waals surface area contributed by atoms with Crippen LogP contribution in [-0.4, -0.2) is 31.0 Å². The molecule has 19 heavy (non-hydrogen) atoms. The summed E-state index contributed by atoms with van der Waals surface area (Å²) in [5, 5.41) is 3.40. The largest absolute Gasteiger partial charge is 0.352 e. The zero-order chi connectivity index (χ0) is 12.4. The topological polar surface area (TPSA) is 27.6 Å². The molecule has 0 amide bonds. The molecule has 0 aromatic heterocycles. The molecule has 1 N–H and O–H groups in total. The summed E-state index contributed by atoms with van der Waals surface area (Å²) in [6.45, 7) is 2.82. The first-order valence-electron chi connectivity index (χ1n) is 6.91. The second-order valence-corrected chi connectivity index (χ2v) is 5.35. The second-order valence-electron chi connectivity index (χ2n) is 5.35. The molecule has 1 saturated carbocycles. The van der Waals surface area contributed by atoms with Crippen LogP contribution in [0.3, 0.4) is 0 Å². The number of hydrogen-bond donors (Lipinski definition) is 1. The molecular weight excluding hydrogens is 349 g/mol. The van der Waals surface area contributed by atoms with E-state index in [9.17, 15) is 0 Å². The van der Waals surface area contributed by atoms with Crippen LogP contribution in [0.15, 0.2) is 29.3 Å². The van der Waals surface area contributed by atoms with Gasteiger partial charge in [-0.05, 0) is 29.9 Å². The number of hydrogen-bond acceptors (Lipinski definition) is 3. The molecule has 2 aliphatic rings. The first-order valence-corrected chi connectivity index (χ1v) is 6.91. The van der Waals surface area contributed by atoms with E-state index in [1.54, 1.807) is 0 Å². The summed E-state index contributed by atoms with van der Waals surface area (Å²) in [5.74, 6) is 1.86. The zero-order valence-corrected chi connectivity index (χ0v) is 13.8.